The molecule has 0 unspecified atom stereocenters. The van der Waals surface area contributed by atoms with Gasteiger partial charge >= 0.3 is 0 Å². The predicted octanol–water partition coefficient (Wildman–Crippen LogP) is 3.58. The van der Waals surface area contributed by atoms with Gasteiger partial charge in [0.15, 0.2) is 0 Å². The molecule has 19 heavy (non-hydrogen) atoms. The Morgan fingerprint density at radius 3 is 2.37 bits per heavy atom. The van der Waals surface area contributed by atoms with Crippen molar-refractivity contribution in [3.63, 3.8) is 0 Å². The Hall–Kier alpha value is -1.12. The lowest BCUT2D eigenvalue weighted by molar-refractivity contribution is 0.200. The van der Waals surface area contributed by atoms with Gasteiger partial charge in [-0.3, -0.25) is 0 Å². The highest BCUT2D eigenvalue weighted by molar-refractivity contribution is 5.55. The maximum absolute atomic E-state index is 5.05. The molecule has 0 amide bonds. The summed E-state index contributed by atoms with van der Waals surface area (Å²) < 4.78 is 5.05. The maximum atomic E-state index is 5.05. The second-order valence-electron chi connectivity index (χ2n) is 5.46. The van der Waals surface area contributed by atoms with Crippen LogP contribution in [0.5, 0.6) is 0 Å². The van der Waals surface area contributed by atoms with Crippen LogP contribution in [0.3, 0.4) is 0 Å². The molecular weight excluding hydrogens is 234 g/mol. The van der Waals surface area contributed by atoms with Crippen LogP contribution in [0.1, 0.15) is 30.5 Å². The van der Waals surface area contributed by atoms with E-state index >= 15 is 0 Å². The molecule has 2 heteroatoms. The molecule has 0 saturated heterocycles. The second-order valence-corrected chi connectivity index (χ2v) is 5.46. The highest BCUT2D eigenvalue weighted by Gasteiger charge is 2.04. The van der Waals surface area contributed by atoms with Crippen LogP contribution in [-0.2, 0) is 4.74 Å². The lowest BCUT2D eigenvalue weighted by atomic mass is 9.98. The fourth-order valence-electron chi connectivity index (χ4n) is 2.14. The first kappa shape index (κ1) is 15.9. The molecule has 106 valence electrons. The van der Waals surface area contributed by atoms with Gasteiger partial charge < -0.3 is 10.1 Å². The summed E-state index contributed by atoms with van der Waals surface area (Å²) in [4.78, 5) is 0. The quantitative estimate of drug-likeness (QED) is 0.758. The minimum Gasteiger partial charge on any atom is -0.383 e. The fourth-order valence-corrected chi connectivity index (χ4v) is 2.14. The van der Waals surface area contributed by atoms with Crippen LogP contribution >= 0.6 is 0 Å². The zero-order valence-corrected chi connectivity index (χ0v) is 12.9. The number of rotatable bonds is 7. The van der Waals surface area contributed by atoms with Gasteiger partial charge in [-0.1, -0.05) is 54.8 Å². The molecule has 0 fully saturated rings. The van der Waals surface area contributed by atoms with Crippen molar-refractivity contribution in [1.29, 1.82) is 0 Å². The number of benzene rings is 1. The van der Waals surface area contributed by atoms with Crippen LogP contribution in [0.25, 0.3) is 6.08 Å². The van der Waals surface area contributed by atoms with Crippen molar-refractivity contribution in [2.45, 2.75) is 27.7 Å². The Kier molecular flexibility index (Phi) is 6.82. The summed E-state index contributed by atoms with van der Waals surface area (Å²) in [6.07, 6.45) is 2.31. The van der Waals surface area contributed by atoms with E-state index in [2.05, 4.69) is 57.3 Å². The lowest BCUT2D eigenvalue weighted by Gasteiger charge is -2.13. The fraction of sp³-hybridized carbons (Fsp3) is 0.529. The van der Waals surface area contributed by atoms with Crippen LogP contribution in [0, 0.1) is 19.8 Å². The molecule has 0 atom stereocenters. The van der Waals surface area contributed by atoms with Crippen molar-refractivity contribution in [2.75, 3.05) is 26.8 Å². The summed E-state index contributed by atoms with van der Waals surface area (Å²) in [5.74, 6) is 0.552. The molecule has 0 aliphatic heterocycles. The molecule has 0 saturated carbocycles. The number of aryl methyl sites for hydroxylation is 2. The molecule has 1 rings (SSSR count). The topological polar surface area (TPSA) is 21.3 Å². The van der Waals surface area contributed by atoms with E-state index in [1.54, 1.807) is 7.11 Å². The van der Waals surface area contributed by atoms with Crippen LogP contribution in [0.15, 0.2) is 23.8 Å². The van der Waals surface area contributed by atoms with E-state index in [-0.39, 0.29) is 0 Å². The third kappa shape index (κ3) is 6.04. The van der Waals surface area contributed by atoms with Gasteiger partial charge in [-0.15, -0.1) is 0 Å². The molecule has 0 spiro atoms. The van der Waals surface area contributed by atoms with E-state index in [0.29, 0.717) is 5.92 Å². The van der Waals surface area contributed by atoms with Crippen molar-refractivity contribution in [2.24, 2.45) is 5.92 Å². The summed E-state index contributed by atoms with van der Waals surface area (Å²) in [6.45, 7) is 11.4. The summed E-state index contributed by atoms with van der Waals surface area (Å²) in [5, 5.41) is 3.42. The van der Waals surface area contributed by atoms with Gasteiger partial charge in [0.2, 0.25) is 0 Å². The summed E-state index contributed by atoms with van der Waals surface area (Å²) in [5.41, 5.74) is 5.37. The molecule has 1 aromatic carbocycles. The van der Waals surface area contributed by atoms with E-state index in [1.165, 1.54) is 22.3 Å². The Morgan fingerprint density at radius 1 is 1.21 bits per heavy atom. The number of hydrogen-bond donors (Lipinski definition) is 1. The minimum absolute atomic E-state index is 0.552. The Labute approximate surface area is 117 Å². The lowest BCUT2D eigenvalue weighted by Crippen LogP contribution is -2.23. The molecule has 1 N–H and O–H groups in total. The molecule has 1 aromatic rings. The van der Waals surface area contributed by atoms with Crippen molar-refractivity contribution in [3.8, 4) is 0 Å². The average molecular weight is 261 g/mol. The second kappa shape index (κ2) is 8.13. The van der Waals surface area contributed by atoms with E-state index in [4.69, 9.17) is 4.74 Å². The van der Waals surface area contributed by atoms with Crippen LogP contribution in [0.4, 0.5) is 0 Å². The number of hydrogen-bond acceptors (Lipinski definition) is 2. The smallest absolute Gasteiger partial charge is 0.0587 e. The van der Waals surface area contributed by atoms with E-state index in [9.17, 15) is 0 Å². The summed E-state index contributed by atoms with van der Waals surface area (Å²) in [7, 11) is 1.73. The summed E-state index contributed by atoms with van der Waals surface area (Å²) in [6, 6.07) is 6.69. The molecular formula is C17H27NO. The van der Waals surface area contributed by atoms with Gasteiger partial charge in [0.25, 0.3) is 0 Å². The van der Waals surface area contributed by atoms with Crippen molar-refractivity contribution in [1.82, 2.24) is 5.32 Å². The van der Waals surface area contributed by atoms with Crippen molar-refractivity contribution in [3.05, 3.63) is 40.5 Å². The van der Waals surface area contributed by atoms with Gasteiger partial charge in [0.05, 0.1) is 6.61 Å². The third-order valence-corrected chi connectivity index (χ3v) is 3.15. The highest BCUT2D eigenvalue weighted by Crippen LogP contribution is 2.16. The minimum atomic E-state index is 0.552. The average Bonchev–Trinajstić information content (AvgIpc) is 2.31. The monoisotopic (exact) mass is 261 g/mol. The molecule has 0 aromatic heterocycles. The van der Waals surface area contributed by atoms with E-state index in [1.807, 2.05) is 0 Å². The van der Waals surface area contributed by atoms with E-state index in [0.717, 1.165) is 19.7 Å². The van der Waals surface area contributed by atoms with Gasteiger partial charge in [-0.05, 0) is 25.3 Å². The Morgan fingerprint density at radius 2 is 1.84 bits per heavy atom. The molecule has 0 aliphatic rings. The molecule has 0 heterocycles. The maximum Gasteiger partial charge on any atom is 0.0587 e. The molecule has 0 aliphatic carbocycles. The first-order valence-corrected chi connectivity index (χ1v) is 7.01. The number of methoxy groups -OCH3 is 1. The van der Waals surface area contributed by atoms with Gasteiger partial charge in [-0.2, -0.15) is 0 Å². The van der Waals surface area contributed by atoms with Crippen LogP contribution in [0.2, 0.25) is 0 Å². The van der Waals surface area contributed by atoms with Crippen molar-refractivity contribution >= 4 is 6.08 Å². The molecule has 0 radical (unpaired) electrons. The van der Waals surface area contributed by atoms with Gasteiger partial charge in [0.1, 0.15) is 0 Å². The largest absolute Gasteiger partial charge is 0.383 e. The van der Waals surface area contributed by atoms with Gasteiger partial charge in [0, 0.05) is 20.2 Å². The van der Waals surface area contributed by atoms with Gasteiger partial charge in [-0.25, -0.2) is 0 Å². The Balaban J connectivity index is 2.76. The standard InChI is InChI=1S/C17H27NO/c1-13(2)17(12-18-6-7-19-5)11-16-9-14(3)8-15(4)10-16/h8-11,13,18H,6-7,12H2,1-5H3. The highest BCUT2D eigenvalue weighted by atomic mass is 16.5. The third-order valence-electron chi connectivity index (χ3n) is 3.15. The predicted molar refractivity (Wildman–Crippen MR) is 83.5 cm³/mol. The first-order valence-electron chi connectivity index (χ1n) is 7.01. The Bertz CT molecular complexity index is 401. The van der Waals surface area contributed by atoms with E-state index < -0.39 is 0 Å². The van der Waals surface area contributed by atoms with Crippen LogP contribution in [-0.4, -0.2) is 26.8 Å². The summed E-state index contributed by atoms with van der Waals surface area (Å²) >= 11 is 0. The van der Waals surface area contributed by atoms with Crippen LogP contribution < -0.4 is 5.32 Å². The first-order chi connectivity index (χ1) is 9.02. The number of ether oxygens (including phenoxy) is 1. The zero-order chi connectivity index (χ0) is 14.3. The zero-order valence-electron chi connectivity index (χ0n) is 12.9. The molecule has 0 bridgehead atoms. The SMILES string of the molecule is COCCNCC(=Cc1cc(C)cc(C)c1)C(C)C. The normalized spacial score (nSPS) is 12.2. The van der Waals surface area contributed by atoms with Crippen molar-refractivity contribution < 1.29 is 4.74 Å². The molecule has 2 nitrogen and oxygen atoms in total. The number of nitrogens with one attached hydrogen (secondary N) is 1.